The number of unbranched alkanes of at least 4 members (excludes halogenated alkanes) is 1. The van der Waals surface area contributed by atoms with Gasteiger partial charge in [0, 0.05) is 18.9 Å². The summed E-state index contributed by atoms with van der Waals surface area (Å²) in [5.74, 6) is -3.33. The third-order valence-corrected chi connectivity index (χ3v) is 4.27. The number of carboxylic acids is 1. The zero-order chi connectivity index (χ0) is 21.1. The molecule has 9 heteroatoms. The fourth-order valence-electron chi connectivity index (χ4n) is 2.72. The van der Waals surface area contributed by atoms with Gasteiger partial charge in [-0.1, -0.05) is 27.2 Å². The summed E-state index contributed by atoms with van der Waals surface area (Å²) >= 11 is 0. The van der Waals surface area contributed by atoms with Crippen LogP contribution < -0.4 is 10.8 Å². The number of rotatable bonds is 12. The van der Waals surface area contributed by atoms with Gasteiger partial charge in [0.15, 0.2) is 0 Å². The van der Waals surface area contributed by atoms with Crippen molar-refractivity contribution in [1.29, 1.82) is 0 Å². The van der Waals surface area contributed by atoms with Crippen LogP contribution >= 0.6 is 0 Å². The highest BCUT2D eigenvalue weighted by molar-refractivity contribution is 5.92. The summed E-state index contributed by atoms with van der Waals surface area (Å²) in [6.07, 6.45) is 1.65. The molecule has 3 amide bonds. The molecular formula is C18H33N3O6. The van der Waals surface area contributed by atoms with E-state index in [0.717, 1.165) is 6.42 Å². The molecule has 0 saturated heterocycles. The van der Waals surface area contributed by atoms with Gasteiger partial charge in [-0.05, 0) is 32.6 Å². The lowest BCUT2D eigenvalue weighted by atomic mass is 9.92. The molecule has 0 aliphatic heterocycles. The van der Waals surface area contributed by atoms with Gasteiger partial charge in [-0.3, -0.25) is 19.6 Å². The number of hydrogen-bond acceptors (Lipinski definition) is 5. The zero-order valence-electron chi connectivity index (χ0n) is 16.8. The van der Waals surface area contributed by atoms with Crippen LogP contribution in [-0.2, 0) is 19.2 Å². The number of nitrogens with zero attached hydrogens (tertiary/aromatic N) is 1. The highest BCUT2D eigenvalue weighted by Crippen LogP contribution is 2.16. The van der Waals surface area contributed by atoms with Gasteiger partial charge in [-0.2, -0.15) is 0 Å². The van der Waals surface area contributed by atoms with Gasteiger partial charge in [0.2, 0.25) is 17.7 Å². The van der Waals surface area contributed by atoms with Gasteiger partial charge in [-0.15, -0.1) is 0 Å². The second-order valence-corrected chi connectivity index (χ2v) is 7.20. The SMILES string of the molecule is CCCCN(C(=O)[C@@H](C)NC(=O)C(CC(=O)NO)CC(C)C)[C@@H](C)C(=O)O. The van der Waals surface area contributed by atoms with E-state index in [2.05, 4.69) is 5.32 Å². The van der Waals surface area contributed by atoms with Crippen molar-refractivity contribution >= 4 is 23.7 Å². The number of carbonyl (C=O) groups excluding carboxylic acids is 3. The van der Waals surface area contributed by atoms with Crippen molar-refractivity contribution in [2.75, 3.05) is 6.54 Å². The molecule has 0 aliphatic carbocycles. The third-order valence-electron chi connectivity index (χ3n) is 4.27. The highest BCUT2D eigenvalue weighted by Gasteiger charge is 2.31. The molecule has 0 aliphatic rings. The first-order valence-electron chi connectivity index (χ1n) is 9.31. The standard InChI is InChI=1S/C18H33N3O6/c1-6-7-8-21(13(5)18(25)26)17(24)12(4)19-16(23)14(9-11(2)3)10-15(22)20-27/h11-14,27H,6-10H2,1-5H3,(H,19,23)(H,20,22)(H,25,26)/t12-,13+,14?/m1/s1. The first-order chi connectivity index (χ1) is 12.5. The van der Waals surface area contributed by atoms with E-state index in [1.165, 1.54) is 24.2 Å². The number of hydroxylamine groups is 1. The summed E-state index contributed by atoms with van der Waals surface area (Å²) in [6.45, 7) is 8.93. The Hall–Kier alpha value is -2.16. The normalized spacial score (nSPS) is 14.2. The van der Waals surface area contributed by atoms with Crippen LogP contribution in [0.5, 0.6) is 0 Å². The predicted octanol–water partition coefficient (Wildman–Crippen LogP) is 1.15. The van der Waals surface area contributed by atoms with Crippen molar-refractivity contribution in [2.24, 2.45) is 11.8 Å². The second kappa shape index (κ2) is 12.3. The molecule has 0 aromatic carbocycles. The molecule has 0 heterocycles. The predicted molar refractivity (Wildman–Crippen MR) is 98.8 cm³/mol. The largest absolute Gasteiger partial charge is 0.480 e. The lowest BCUT2D eigenvalue weighted by Gasteiger charge is -2.30. The average Bonchev–Trinajstić information content (AvgIpc) is 2.60. The Kier molecular flexibility index (Phi) is 11.3. The minimum atomic E-state index is -1.12. The van der Waals surface area contributed by atoms with E-state index in [1.807, 2.05) is 20.8 Å². The van der Waals surface area contributed by atoms with E-state index in [1.54, 1.807) is 0 Å². The van der Waals surface area contributed by atoms with Crippen molar-refractivity contribution in [3.8, 4) is 0 Å². The number of nitrogens with one attached hydrogen (secondary N) is 2. The highest BCUT2D eigenvalue weighted by atomic mass is 16.5. The van der Waals surface area contributed by atoms with Crippen LogP contribution in [0.3, 0.4) is 0 Å². The molecule has 4 N–H and O–H groups in total. The van der Waals surface area contributed by atoms with Crippen LogP contribution in [0.15, 0.2) is 0 Å². The van der Waals surface area contributed by atoms with E-state index in [-0.39, 0.29) is 18.9 Å². The topological polar surface area (TPSA) is 136 Å². The summed E-state index contributed by atoms with van der Waals surface area (Å²) in [5.41, 5.74) is 1.51. The molecule has 0 fully saturated rings. The first-order valence-corrected chi connectivity index (χ1v) is 9.31. The minimum absolute atomic E-state index is 0.131. The zero-order valence-corrected chi connectivity index (χ0v) is 16.8. The van der Waals surface area contributed by atoms with E-state index in [0.29, 0.717) is 12.8 Å². The van der Waals surface area contributed by atoms with Crippen LogP contribution in [0, 0.1) is 11.8 Å². The summed E-state index contributed by atoms with van der Waals surface area (Å²) in [7, 11) is 0. The Morgan fingerprint density at radius 3 is 2.11 bits per heavy atom. The maximum Gasteiger partial charge on any atom is 0.326 e. The van der Waals surface area contributed by atoms with Crippen LogP contribution in [-0.4, -0.2) is 57.5 Å². The van der Waals surface area contributed by atoms with Crippen molar-refractivity contribution in [3.63, 3.8) is 0 Å². The van der Waals surface area contributed by atoms with E-state index >= 15 is 0 Å². The van der Waals surface area contributed by atoms with Gasteiger partial charge in [-0.25, -0.2) is 10.3 Å². The molecule has 3 atom stereocenters. The molecule has 0 rings (SSSR count). The summed E-state index contributed by atoms with van der Waals surface area (Å²) < 4.78 is 0. The molecule has 0 aromatic rings. The fraction of sp³-hybridized carbons (Fsp3) is 0.778. The van der Waals surface area contributed by atoms with E-state index in [4.69, 9.17) is 5.21 Å². The second-order valence-electron chi connectivity index (χ2n) is 7.20. The molecule has 9 nitrogen and oxygen atoms in total. The Bertz CT molecular complexity index is 523. The molecule has 0 radical (unpaired) electrons. The number of carboxylic acid groups (broad SMARTS) is 1. The molecule has 0 saturated carbocycles. The van der Waals surface area contributed by atoms with Crippen molar-refractivity contribution in [1.82, 2.24) is 15.7 Å². The molecule has 0 bridgehead atoms. The smallest absolute Gasteiger partial charge is 0.326 e. The summed E-state index contributed by atoms with van der Waals surface area (Å²) in [5, 5.41) is 20.5. The third kappa shape index (κ3) is 8.85. The molecule has 156 valence electrons. The number of aliphatic carboxylic acids is 1. The van der Waals surface area contributed by atoms with E-state index < -0.39 is 41.7 Å². The lowest BCUT2D eigenvalue weighted by Crippen LogP contribution is -2.53. The number of hydrogen-bond donors (Lipinski definition) is 4. The van der Waals surface area contributed by atoms with Crippen LogP contribution in [0.2, 0.25) is 0 Å². The van der Waals surface area contributed by atoms with Crippen molar-refractivity contribution in [3.05, 3.63) is 0 Å². The van der Waals surface area contributed by atoms with Gasteiger partial charge in [0.25, 0.3) is 0 Å². The maximum absolute atomic E-state index is 12.7. The van der Waals surface area contributed by atoms with Crippen LogP contribution in [0.4, 0.5) is 0 Å². The van der Waals surface area contributed by atoms with Crippen molar-refractivity contribution in [2.45, 2.75) is 72.4 Å². The maximum atomic E-state index is 12.7. The summed E-state index contributed by atoms with van der Waals surface area (Å²) in [4.78, 5) is 49.2. The van der Waals surface area contributed by atoms with Gasteiger partial charge in [0.05, 0.1) is 0 Å². The monoisotopic (exact) mass is 387 g/mol. The van der Waals surface area contributed by atoms with Gasteiger partial charge < -0.3 is 15.3 Å². The molecular weight excluding hydrogens is 354 g/mol. The molecule has 0 spiro atoms. The number of carbonyl (C=O) groups is 4. The quantitative estimate of drug-likeness (QED) is 0.293. The fourth-order valence-corrected chi connectivity index (χ4v) is 2.72. The van der Waals surface area contributed by atoms with Crippen molar-refractivity contribution < 1.29 is 29.5 Å². The Labute approximate surface area is 160 Å². The van der Waals surface area contributed by atoms with Crippen LogP contribution in [0.1, 0.15) is 60.3 Å². The van der Waals surface area contributed by atoms with Gasteiger partial charge >= 0.3 is 5.97 Å². The lowest BCUT2D eigenvalue weighted by molar-refractivity contribution is -0.150. The average molecular weight is 387 g/mol. The number of amides is 3. The Morgan fingerprint density at radius 1 is 1.07 bits per heavy atom. The van der Waals surface area contributed by atoms with Crippen LogP contribution in [0.25, 0.3) is 0 Å². The first kappa shape index (κ1) is 24.8. The molecule has 1 unspecified atom stereocenters. The molecule has 0 aromatic heterocycles. The van der Waals surface area contributed by atoms with Gasteiger partial charge in [0.1, 0.15) is 12.1 Å². The Balaban J connectivity index is 5.16. The van der Waals surface area contributed by atoms with E-state index in [9.17, 15) is 24.3 Å². The molecule has 27 heavy (non-hydrogen) atoms. The summed E-state index contributed by atoms with van der Waals surface area (Å²) in [6, 6.07) is -1.93. The Morgan fingerprint density at radius 2 is 1.67 bits per heavy atom. The minimum Gasteiger partial charge on any atom is -0.480 e.